The highest BCUT2D eigenvalue weighted by Gasteiger charge is 2.42. The van der Waals surface area contributed by atoms with Crippen molar-refractivity contribution in [3.63, 3.8) is 0 Å². The van der Waals surface area contributed by atoms with Gasteiger partial charge in [0.15, 0.2) is 0 Å². The fraction of sp³-hybridized carbons (Fsp3) is 0.471. The molecule has 6 nitrogen and oxygen atoms in total. The number of aromatic nitrogens is 2. The molecule has 2 saturated carbocycles. The average molecular weight is 313 g/mol. The minimum Gasteiger partial charge on any atom is -0.351 e. The Labute approximate surface area is 132 Å². The Morgan fingerprint density at radius 3 is 2.35 bits per heavy atom. The summed E-state index contributed by atoms with van der Waals surface area (Å²) in [5, 5.41) is 6.25. The second kappa shape index (κ2) is 5.37. The first-order chi connectivity index (χ1) is 11.1. The maximum atomic E-state index is 12.4. The predicted octanol–water partition coefficient (Wildman–Crippen LogP) is 0.995. The van der Waals surface area contributed by atoms with Crippen LogP contribution in [-0.2, 0) is 11.3 Å². The van der Waals surface area contributed by atoms with Crippen molar-refractivity contribution in [2.45, 2.75) is 38.3 Å². The van der Waals surface area contributed by atoms with Crippen LogP contribution in [-0.4, -0.2) is 21.7 Å². The number of carbonyl (C=O) groups excluding carboxylic acids is 1. The molecule has 6 heteroatoms. The highest BCUT2D eigenvalue weighted by atomic mass is 16.2. The summed E-state index contributed by atoms with van der Waals surface area (Å²) in [5.41, 5.74) is -0.696. The van der Waals surface area contributed by atoms with Gasteiger partial charge in [-0.15, -0.1) is 0 Å². The molecule has 2 aliphatic rings. The lowest BCUT2D eigenvalue weighted by Gasteiger charge is -2.18. The molecule has 0 radical (unpaired) electrons. The Hall–Kier alpha value is -2.37. The van der Waals surface area contributed by atoms with Gasteiger partial charge in [-0.25, -0.2) is 4.68 Å². The molecule has 120 valence electrons. The summed E-state index contributed by atoms with van der Waals surface area (Å²) in [6.07, 6.45) is 4.70. The fourth-order valence-corrected chi connectivity index (χ4v) is 3.26. The second-order valence-electron chi connectivity index (χ2n) is 6.65. The van der Waals surface area contributed by atoms with E-state index >= 15 is 0 Å². The van der Waals surface area contributed by atoms with Gasteiger partial charge in [0.05, 0.1) is 10.8 Å². The predicted molar refractivity (Wildman–Crippen MR) is 86.2 cm³/mol. The SMILES string of the molecule is O=C(Cn1[nH]c(=O)c2ccccc2c1=O)NC(C1CC1)C1CC1. The molecule has 0 atom stereocenters. The molecular weight excluding hydrogens is 294 g/mol. The minimum atomic E-state index is -0.353. The van der Waals surface area contributed by atoms with Crippen LogP contribution in [0.4, 0.5) is 0 Å². The molecule has 2 N–H and O–H groups in total. The van der Waals surface area contributed by atoms with E-state index in [1.54, 1.807) is 24.3 Å². The molecule has 0 saturated heterocycles. The first-order valence-corrected chi connectivity index (χ1v) is 8.15. The standard InChI is InChI=1S/C17H19N3O3/c21-14(18-15(10-5-6-10)11-7-8-11)9-20-17(23)13-4-2-1-3-12(13)16(22)19-20/h1-4,10-11,15H,5-9H2,(H,18,21)(H,19,22). The number of amides is 1. The van der Waals surface area contributed by atoms with Crippen LogP contribution >= 0.6 is 0 Å². The maximum Gasteiger partial charge on any atom is 0.273 e. The number of hydrogen-bond donors (Lipinski definition) is 2. The molecule has 1 aromatic carbocycles. The molecule has 2 aliphatic carbocycles. The number of hydrogen-bond acceptors (Lipinski definition) is 3. The van der Waals surface area contributed by atoms with Crippen molar-refractivity contribution in [1.82, 2.24) is 15.1 Å². The Morgan fingerprint density at radius 2 is 1.74 bits per heavy atom. The van der Waals surface area contributed by atoms with E-state index in [1.165, 1.54) is 25.7 Å². The molecule has 0 bridgehead atoms. The van der Waals surface area contributed by atoms with E-state index < -0.39 is 0 Å². The van der Waals surface area contributed by atoms with Crippen LogP contribution < -0.4 is 16.4 Å². The number of benzene rings is 1. The van der Waals surface area contributed by atoms with Gasteiger partial charge < -0.3 is 5.32 Å². The highest BCUT2D eigenvalue weighted by molar-refractivity contribution is 5.81. The average Bonchev–Trinajstić information content (AvgIpc) is 3.43. The molecule has 1 heterocycles. The summed E-state index contributed by atoms with van der Waals surface area (Å²) >= 11 is 0. The molecule has 2 aromatic rings. The van der Waals surface area contributed by atoms with Crippen LogP contribution in [0.3, 0.4) is 0 Å². The molecule has 23 heavy (non-hydrogen) atoms. The molecule has 0 spiro atoms. The van der Waals surface area contributed by atoms with Crippen molar-refractivity contribution in [1.29, 1.82) is 0 Å². The Balaban J connectivity index is 1.57. The van der Waals surface area contributed by atoms with E-state index in [1.807, 2.05) is 0 Å². The van der Waals surface area contributed by atoms with Crippen molar-refractivity contribution in [2.75, 3.05) is 0 Å². The number of rotatable bonds is 5. The quantitative estimate of drug-likeness (QED) is 0.863. The van der Waals surface area contributed by atoms with Crippen molar-refractivity contribution in [3.05, 3.63) is 45.0 Å². The van der Waals surface area contributed by atoms with Gasteiger partial charge in [0.2, 0.25) is 5.91 Å². The lowest BCUT2D eigenvalue weighted by atomic mass is 10.1. The lowest BCUT2D eigenvalue weighted by molar-refractivity contribution is -0.122. The van der Waals surface area contributed by atoms with Crippen molar-refractivity contribution < 1.29 is 4.79 Å². The monoisotopic (exact) mass is 313 g/mol. The molecular formula is C17H19N3O3. The zero-order valence-corrected chi connectivity index (χ0v) is 12.7. The van der Waals surface area contributed by atoms with Gasteiger partial charge in [-0.2, -0.15) is 0 Å². The van der Waals surface area contributed by atoms with E-state index in [0.717, 1.165) is 4.68 Å². The first-order valence-electron chi connectivity index (χ1n) is 8.15. The topological polar surface area (TPSA) is 84.0 Å². The zero-order chi connectivity index (χ0) is 16.0. The second-order valence-corrected chi connectivity index (χ2v) is 6.65. The van der Waals surface area contributed by atoms with Gasteiger partial charge in [0.1, 0.15) is 6.54 Å². The maximum absolute atomic E-state index is 12.4. The van der Waals surface area contributed by atoms with Crippen LogP contribution in [0.25, 0.3) is 10.8 Å². The normalized spacial score (nSPS) is 17.6. The molecule has 0 unspecified atom stereocenters. The molecule has 2 fully saturated rings. The van der Waals surface area contributed by atoms with Crippen LogP contribution in [0.15, 0.2) is 33.9 Å². The van der Waals surface area contributed by atoms with Gasteiger partial charge in [-0.05, 0) is 49.7 Å². The number of nitrogens with zero attached hydrogens (tertiary/aromatic N) is 1. The highest BCUT2D eigenvalue weighted by Crippen LogP contribution is 2.44. The molecule has 1 aromatic heterocycles. The molecule has 1 amide bonds. The van der Waals surface area contributed by atoms with Crippen molar-refractivity contribution >= 4 is 16.7 Å². The number of fused-ring (bicyclic) bond motifs is 1. The van der Waals surface area contributed by atoms with E-state index in [0.29, 0.717) is 22.6 Å². The number of nitrogens with one attached hydrogen (secondary N) is 2. The third kappa shape index (κ3) is 2.81. The molecule has 0 aliphatic heterocycles. The summed E-state index contributed by atoms with van der Waals surface area (Å²) in [5.74, 6) is 0.986. The minimum absolute atomic E-state index is 0.144. The van der Waals surface area contributed by atoms with Gasteiger partial charge in [-0.1, -0.05) is 12.1 Å². The van der Waals surface area contributed by atoms with Crippen molar-refractivity contribution in [3.8, 4) is 0 Å². The number of carbonyl (C=O) groups is 1. The first kappa shape index (κ1) is 14.2. The summed E-state index contributed by atoms with van der Waals surface area (Å²) in [6.45, 7) is -0.144. The molecule has 4 rings (SSSR count). The Bertz CT molecular complexity index is 863. The van der Waals surface area contributed by atoms with E-state index in [-0.39, 0.29) is 29.6 Å². The summed E-state index contributed by atoms with van der Waals surface area (Å²) in [6, 6.07) is 6.88. The van der Waals surface area contributed by atoms with Gasteiger partial charge in [-0.3, -0.25) is 19.5 Å². The van der Waals surface area contributed by atoms with Crippen LogP contribution in [0.2, 0.25) is 0 Å². The summed E-state index contributed by atoms with van der Waals surface area (Å²) in [4.78, 5) is 36.7. The van der Waals surface area contributed by atoms with E-state index in [9.17, 15) is 14.4 Å². The van der Waals surface area contributed by atoms with Gasteiger partial charge in [0.25, 0.3) is 11.1 Å². The fourth-order valence-electron chi connectivity index (χ4n) is 3.26. The number of H-pyrrole nitrogens is 1. The van der Waals surface area contributed by atoms with E-state index in [2.05, 4.69) is 10.4 Å². The van der Waals surface area contributed by atoms with Crippen LogP contribution in [0.5, 0.6) is 0 Å². The Morgan fingerprint density at radius 1 is 1.13 bits per heavy atom. The zero-order valence-electron chi connectivity index (χ0n) is 12.7. The third-order valence-corrected chi connectivity index (χ3v) is 4.77. The third-order valence-electron chi connectivity index (χ3n) is 4.77. The van der Waals surface area contributed by atoms with Crippen molar-refractivity contribution in [2.24, 2.45) is 11.8 Å². The largest absolute Gasteiger partial charge is 0.351 e. The lowest BCUT2D eigenvalue weighted by Crippen LogP contribution is -2.42. The smallest absolute Gasteiger partial charge is 0.273 e. The van der Waals surface area contributed by atoms with Gasteiger partial charge >= 0.3 is 0 Å². The summed E-state index contributed by atoms with van der Waals surface area (Å²) < 4.78 is 1.11. The van der Waals surface area contributed by atoms with Crippen LogP contribution in [0, 0.1) is 11.8 Å². The number of aromatic amines is 1. The van der Waals surface area contributed by atoms with Gasteiger partial charge in [0, 0.05) is 6.04 Å². The summed E-state index contributed by atoms with van der Waals surface area (Å²) in [7, 11) is 0. The Kier molecular flexibility index (Phi) is 3.32. The van der Waals surface area contributed by atoms with E-state index in [4.69, 9.17) is 0 Å². The van der Waals surface area contributed by atoms with Crippen LogP contribution in [0.1, 0.15) is 25.7 Å².